The first-order valence-electron chi connectivity index (χ1n) is 8.46. The molecule has 0 aliphatic carbocycles. The molecule has 2 aromatic rings. The third kappa shape index (κ3) is 6.92. The minimum atomic E-state index is -3.53. The van der Waals surface area contributed by atoms with E-state index in [1.54, 1.807) is 18.2 Å². The monoisotopic (exact) mass is 392 g/mol. The van der Waals surface area contributed by atoms with Gasteiger partial charge in [0.25, 0.3) is 0 Å². The summed E-state index contributed by atoms with van der Waals surface area (Å²) in [5.41, 5.74) is 1.49. The molecule has 0 aromatic heterocycles. The van der Waals surface area contributed by atoms with Crippen LogP contribution in [0.15, 0.2) is 48.5 Å². The summed E-state index contributed by atoms with van der Waals surface area (Å²) in [5.74, 6) is 0.466. The predicted octanol–water partition coefficient (Wildman–Crippen LogP) is 2.19. The number of methoxy groups -OCH3 is 2. The van der Waals surface area contributed by atoms with Gasteiger partial charge in [0.05, 0.1) is 32.2 Å². The van der Waals surface area contributed by atoms with Crippen LogP contribution in [-0.4, -0.2) is 40.8 Å². The highest BCUT2D eigenvalue weighted by molar-refractivity contribution is 7.89. The lowest BCUT2D eigenvalue weighted by Crippen LogP contribution is -2.34. The Bertz CT molecular complexity index is 854. The van der Waals surface area contributed by atoms with Gasteiger partial charge in [-0.3, -0.25) is 4.79 Å². The molecule has 0 heterocycles. The van der Waals surface area contributed by atoms with Gasteiger partial charge >= 0.3 is 0 Å². The third-order valence-electron chi connectivity index (χ3n) is 3.85. The van der Waals surface area contributed by atoms with Crippen LogP contribution >= 0.6 is 0 Å². The van der Waals surface area contributed by atoms with Crippen molar-refractivity contribution in [3.63, 3.8) is 0 Å². The zero-order chi connectivity index (χ0) is 19.7. The number of hydrogen-bond donors (Lipinski definition) is 2. The summed E-state index contributed by atoms with van der Waals surface area (Å²) in [6, 6.07) is 14.6. The van der Waals surface area contributed by atoms with Crippen LogP contribution in [0.1, 0.15) is 12.0 Å². The summed E-state index contributed by atoms with van der Waals surface area (Å²) in [4.78, 5) is 12.1. The molecule has 0 unspecified atom stereocenters. The number of anilines is 1. The second-order valence-electron chi connectivity index (χ2n) is 5.84. The van der Waals surface area contributed by atoms with Crippen molar-refractivity contribution in [2.45, 2.75) is 12.8 Å². The van der Waals surface area contributed by atoms with E-state index in [4.69, 9.17) is 9.47 Å². The van der Waals surface area contributed by atoms with Crippen molar-refractivity contribution in [2.24, 2.45) is 0 Å². The van der Waals surface area contributed by atoms with Gasteiger partial charge in [-0.25, -0.2) is 13.1 Å². The number of benzene rings is 2. The van der Waals surface area contributed by atoms with E-state index >= 15 is 0 Å². The summed E-state index contributed by atoms with van der Waals surface area (Å²) in [6.45, 7) is -0.353. The molecular formula is C19H24N2O5S. The average molecular weight is 392 g/mol. The van der Waals surface area contributed by atoms with Gasteiger partial charge in [0.2, 0.25) is 15.9 Å². The maximum absolute atomic E-state index is 12.1. The van der Waals surface area contributed by atoms with Gasteiger partial charge in [-0.1, -0.05) is 30.3 Å². The fourth-order valence-electron chi connectivity index (χ4n) is 2.46. The number of ether oxygens (including phenoxy) is 2. The number of nitrogens with one attached hydrogen (secondary N) is 2. The molecule has 7 nitrogen and oxygen atoms in total. The Morgan fingerprint density at radius 1 is 1.04 bits per heavy atom. The van der Waals surface area contributed by atoms with E-state index < -0.39 is 15.9 Å². The molecule has 0 aliphatic rings. The lowest BCUT2D eigenvalue weighted by atomic mass is 10.1. The van der Waals surface area contributed by atoms with Crippen LogP contribution in [0.5, 0.6) is 11.5 Å². The van der Waals surface area contributed by atoms with E-state index in [2.05, 4.69) is 10.0 Å². The van der Waals surface area contributed by atoms with Crippen LogP contribution in [-0.2, 0) is 21.2 Å². The molecule has 0 spiro atoms. The van der Waals surface area contributed by atoms with E-state index in [1.165, 1.54) is 14.2 Å². The predicted molar refractivity (Wildman–Crippen MR) is 105 cm³/mol. The van der Waals surface area contributed by atoms with Crippen molar-refractivity contribution >= 4 is 21.6 Å². The SMILES string of the molecule is COc1ccc(OC)c(NC(=O)CNS(=O)(=O)CCCc2ccccc2)c1. The highest BCUT2D eigenvalue weighted by Gasteiger charge is 2.14. The van der Waals surface area contributed by atoms with E-state index in [9.17, 15) is 13.2 Å². The minimum absolute atomic E-state index is 0.0440. The van der Waals surface area contributed by atoms with Crippen LogP contribution < -0.4 is 19.5 Å². The van der Waals surface area contributed by atoms with Crippen LogP contribution in [0, 0.1) is 0 Å². The first-order valence-corrected chi connectivity index (χ1v) is 10.1. The number of aryl methyl sites for hydroxylation is 1. The second-order valence-corrected chi connectivity index (χ2v) is 7.77. The Labute approximate surface area is 159 Å². The molecule has 0 fully saturated rings. The van der Waals surface area contributed by atoms with E-state index in [0.29, 0.717) is 30.0 Å². The van der Waals surface area contributed by atoms with E-state index in [-0.39, 0.29) is 12.3 Å². The Kier molecular flexibility index (Phi) is 7.63. The van der Waals surface area contributed by atoms with Gasteiger partial charge in [0.15, 0.2) is 0 Å². The fraction of sp³-hybridized carbons (Fsp3) is 0.316. The van der Waals surface area contributed by atoms with Crippen LogP contribution in [0.2, 0.25) is 0 Å². The molecular weight excluding hydrogens is 368 g/mol. The van der Waals surface area contributed by atoms with Crippen LogP contribution in [0.3, 0.4) is 0 Å². The second kappa shape index (κ2) is 9.94. The number of sulfonamides is 1. The molecule has 0 saturated heterocycles. The molecule has 146 valence electrons. The molecule has 0 bridgehead atoms. The molecule has 27 heavy (non-hydrogen) atoms. The van der Waals surface area contributed by atoms with Crippen molar-refractivity contribution in [1.82, 2.24) is 4.72 Å². The summed E-state index contributed by atoms with van der Waals surface area (Å²) < 4.78 is 36.7. The van der Waals surface area contributed by atoms with Gasteiger partial charge in [0, 0.05) is 6.07 Å². The molecule has 0 atom stereocenters. The topological polar surface area (TPSA) is 93.7 Å². The largest absolute Gasteiger partial charge is 0.497 e. The molecule has 2 rings (SSSR count). The standard InChI is InChI=1S/C19H24N2O5S/c1-25-16-10-11-18(26-2)17(13-16)21-19(22)14-20-27(23,24)12-6-9-15-7-4-3-5-8-15/h3-5,7-8,10-11,13,20H,6,9,12,14H2,1-2H3,(H,21,22). The quantitative estimate of drug-likeness (QED) is 0.646. The number of amides is 1. The van der Waals surface area contributed by atoms with E-state index in [1.807, 2.05) is 30.3 Å². The number of carbonyl (C=O) groups is 1. The summed E-state index contributed by atoms with van der Waals surface area (Å²) in [5, 5.41) is 2.62. The maximum atomic E-state index is 12.1. The minimum Gasteiger partial charge on any atom is -0.497 e. The Morgan fingerprint density at radius 2 is 1.78 bits per heavy atom. The average Bonchev–Trinajstić information content (AvgIpc) is 2.67. The normalized spacial score (nSPS) is 11.0. The van der Waals surface area contributed by atoms with E-state index in [0.717, 1.165) is 5.56 Å². The number of hydrogen-bond acceptors (Lipinski definition) is 5. The summed E-state index contributed by atoms with van der Waals surface area (Å²) >= 11 is 0. The van der Waals surface area contributed by atoms with Crippen molar-refractivity contribution in [1.29, 1.82) is 0 Å². The maximum Gasteiger partial charge on any atom is 0.239 e. The van der Waals surface area contributed by atoms with Gasteiger partial charge < -0.3 is 14.8 Å². The number of carbonyl (C=O) groups excluding carboxylic acids is 1. The van der Waals surface area contributed by atoms with Crippen molar-refractivity contribution in [3.05, 3.63) is 54.1 Å². The lowest BCUT2D eigenvalue weighted by Gasteiger charge is -2.12. The van der Waals surface area contributed by atoms with Crippen LogP contribution in [0.25, 0.3) is 0 Å². The lowest BCUT2D eigenvalue weighted by molar-refractivity contribution is -0.115. The molecule has 2 aromatic carbocycles. The van der Waals surface area contributed by atoms with Crippen LogP contribution in [0.4, 0.5) is 5.69 Å². The number of rotatable bonds is 10. The fourth-order valence-corrected chi connectivity index (χ4v) is 3.48. The molecule has 0 aliphatic heterocycles. The highest BCUT2D eigenvalue weighted by atomic mass is 32.2. The molecule has 0 radical (unpaired) electrons. The summed E-state index contributed by atoms with van der Waals surface area (Å²) in [6.07, 6.45) is 1.14. The molecule has 2 N–H and O–H groups in total. The first-order chi connectivity index (χ1) is 12.9. The first kappa shape index (κ1) is 20.7. The molecule has 0 saturated carbocycles. The van der Waals surface area contributed by atoms with Gasteiger partial charge in [-0.05, 0) is 30.5 Å². The highest BCUT2D eigenvalue weighted by Crippen LogP contribution is 2.28. The third-order valence-corrected chi connectivity index (χ3v) is 5.27. The van der Waals surface area contributed by atoms with Crippen molar-refractivity contribution in [2.75, 3.05) is 31.8 Å². The Balaban J connectivity index is 1.83. The molecule has 8 heteroatoms. The van der Waals surface area contributed by atoms with Gasteiger partial charge in [-0.2, -0.15) is 0 Å². The zero-order valence-electron chi connectivity index (χ0n) is 15.4. The van der Waals surface area contributed by atoms with Crippen molar-refractivity contribution in [3.8, 4) is 11.5 Å². The molecule has 1 amide bonds. The van der Waals surface area contributed by atoms with Gasteiger partial charge in [-0.15, -0.1) is 0 Å². The Hall–Kier alpha value is -2.58. The smallest absolute Gasteiger partial charge is 0.239 e. The zero-order valence-corrected chi connectivity index (χ0v) is 16.2. The summed E-state index contributed by atoms with van der Waals surface area (Å²) in [7, 11) is -0.544. The van der Waals surface area contributed by atoms with Crippen molar-refractivity contribution < 1.29 is 22.7 Å². The Morgan fingerprint density at radius 3 is 2.44 bits per heavy atom. The van der Waals surface area contributed by atoms with Gasteiger partial charge in [0.1, 0.15) is 11.5 Å².